The highest BCUT2D eigenvalue weighted by atomic mass is 32.2. The third kappa shape index (κ3) is 5.14. The number of ether oxygens (including phenoxy) is 1. The van der Waals surface area contributed by atoms with Crippen molar-refractivity contribution >= 4 is 35.0 Å². The summed E-state index contributed by atoms with van der Waals surface area (Å²) in [6.45, 7) is 2.46. The van der Waals surface area contributed by atoms with Crippen LogP contribution in [-0.4, -0.2) is 24.2 Å². The van der Waals surface area contributed by atoms with Crippen LogP contribution in [0.25, 0.3) is 0 Å². The Balaban J connectivity index is 1.49. The van der Waals surface area contributed by atoms with Crippen LogP contribution in [0.4, 0.5) is 11.4 Å². The van der Waals surface area contributed by atoms with Crippen LogP contribution in [0.15, 0.2) is 78.9 Å². The van der Waals surface area contributed by atoms with E-state index in [-0.39, 0.29) is 17.2 Å². The molecule has 164 valence electrons. The Labute approximate surface area is 192 Å². The fraction of sp³-hybridized carbons (Fsp3) is 0.231. The first kappa shape index (κ1) is 22.0. The molecule has 1 aliphatic rings. The number of anilines is 2. The smallest absolute Gasteiger partial charge is 0.238 e. The summed E-state index contributed by atoms with van der Waals surface area (Å²) >= 11 is 1.58. The lowest BCUT2D eigenvalue weighted by atomic mass is 10.1. The number of hydrogen-bond acceptors (Lipinski definition) is 4. The minimum atomic E-state index is -0.176. The molecule has 0 saturated carbocycles. The molecule has 4 rings (SSSR count). The number of benzene rings is 3. The van der Waals surface area contributed by atoms with Gasteiger partial charge in [-0.25, -0.2) is 0 Å². The zero-order valence-corrected chi connectivity index (χ0v) is 18.8. The molecular weight excluding hydrogens is 420 g/mol. The molecule has 1 aliphatic heterocycles. The first-order valence-corrected chi connectivity index (χ1v) is 11.8. The molecule has 32 heavy (non-hydrogen) atoms. The van der Waals surface area contributed by atoms with Gasteiger partial charge in [0.1, 0.15) is 11.1 Å². The van der Waals surface area contributed by atoms with Crippen LogP contribution in [-0.2, 0) is 16.0 Å². The number of amides is 2. The second-order valence-electron chi connectivity index (χ2n) is 7.49. The first-order valence-electron chi connectivity index (χ1n) is 10.7. The molecule has 5 nitrogen and oxygen atoms in total. The fourth-order valence-corrected chi connectivity index (χ4v) is 4.92. The van der Waals surface area contributed by atoms with E-state index in [9.17, 15) is 9.59 Å². The first-order chi connectivity index (χ1) is 15.7. The van der Waals surface area contributed by atoms with E-state index in [0.29, 0.717) is 31.0 Å². The number of carbonyl (C=O) groups is 2. The van der Waals surface area contributed by atoms with Crippen LogP contribution in [0, 0.1) is 0 Å². The number of hydrogen-bond donors (Lipinski definition) is 1. The zero-order valence-electron chi connectivity index (χ0n) is 18.0. The summed E-state index contributed by atoms with van der Waals surface area (Å²) in [5.74, 6) is 1.11. The van der Waals surface area contributed by atoms with Gasteiger partial charge in [0.15, 0.2) is 0 Å². The van der Waals surface area contributed by atoms with Crippen LogP contribution < -0.4 is 15.0 Å². The van der Waals surface area contributed by atoms with Crippen molar-refractivity contribution in [1.82, 2.24) is 0 Å². The summed E-state index contributed by atoms with van der Waals surface area (Å²) in [7, 11) is 0. The Hall–Kier alpha value is -3.25. The summed E-state index contributed by atoms with van der Waals surface area (Å²) in [5, 5.41) is 2.82. The van der Waals surface area contributed by atoms with Gasteiger partial charge in [0.25, 0.3) is 0 Å². The number of thioether (sulfide) groups is 1. The van der Waals surface area contributed by atoms with E-state index in [0.717, 1.165) is 22.5 Å². The van der Waals surface area contributed by atoms with E-state index in [1.807, 2.05) is 85.8 Å². The predicted octanol–water partition coefficient (Wildman–Crippen LogP) is 5.44. The monoisotopic (exact) mass is 446 g/mol. The maximum absolute atomic E-state index is 12.8. The molecule has 1 N–H and O–H groups in total. The van der Waals surface area contributed by atoms with E-state index in [1.165, 1.54) is 0 Å². The molecular formula is C26H26N2O3S. The maximum Gasteiger partial charge on any atom is 0.238 e. The third-order valence-electron chi connectivity index (χ3n) is 5.23. The fourth-order valence-electron chi connectivity index (χ4n) is 3.76. The Morgan fingerprint density at radius 2 is 1.84 bits per heavy atom. The van der Waals surface area contributed by atoms with Crippen molar-refractivity contribution in [2.45, 2.75) is 25.1 Å². The van der Waals surface area contributed by atoms with Gasteiger partial charge in [-0.05, 0) is 48.7 Å². The van der Waals surface area contributed by atoms with E-state index in [1.54, 1.807) is 16.7 Å². The standard InChI is InChI=1S/C26H26N2O3S/c1-2-31-23-14-7-6-13-22(23)28-25(30)18-32-26(28)20-11-8-12-21(17-20)27-24(29)16-15-19-9-4-3-5-10-19/h3-14,17,26H,2,15-16,18H2,1H3,(H,27,29)/t26-/m0/s1. The number of nitrogens with zero attached hydrogens (tertiary/aromatic N) is 1. The molecule has 0 aromatic heterocycles. The molecule has 1 saturated heterocycles. The van der Waals surface area contributed by atoms with Gasteiger partial charge in [-0.1, -0.05) is 54.6 Å². The highest BCUT2D eigenvalue weighted by Crippen LogP contribution is 2.45. The van der Waals surface area contributed by atoms with Crippen molar-refractivity contribution in [3.05, 3.63) is 90.0 Å². The SMILES string of the molecule is CCOc1ccccc1N1C(=O)CS[C@H]1c1cccc(NC(=O)CCc2ccccc2)c1. The average Bonchev–Trinajstić information content (AvgIpc) is 3.20. The van der Waals surface area contributed by atoms with Crippen LogP contribution >= 0.6 is 11.8 Å². The summed E-state index contributed by atoms with van der Waals surface area (Å²) < 4.78 is 5.76. The van der Waals surface area contributed by atoms with Gasteiger partial charge in [0, 0.05) is 12.1 Å². The van der Waals surface area contributed by atoms with Gasteiger partial charge in [-0.3, -0.25) is 14.5 Å². The zero-order chi connectivity index (χ0) is 22.3. The number of para-hydroxylation sites is 2. The Morgan fingerprint density at radius 1 is 1.06 bits per heavy atom. The Bertz CT molecular complexity index is 1090. The van der Waals surface area contributed by atoms with E-state index >= 15 is 0 Å². The largest absolute Gasteiger partial charge is 0.492 e. The minimum absolute atomic E-state index is 0.0281. The minimum Gasteiger partial charge on any atom is -0.492 e. The molecule has 1 fully saturated rings. The summed E-state index contributed by atoms with van der Waals surface area (Å²) in [6.07, 6.45) is 1.11. The topological polar surface area (TPSA) is 58.6 Å². The summed E-state index contributed by atoms with van der Waals surface area (Å²) in [4.78, 5) is 27.1. The molecule has 3 aromatic rings. The lowest BCUT2D eigenvalue weighted by Gasteiger charge is -2.26. The van der Waals surface area contributed by atoms with Crippen molar-refractivity contribution in [3.8, 4) is 5.75 Å². The van der Waals surface area contributed by atoms with Crippen molar-refractivity contribution in [1.29, 1.82) is 0 Å². The average molecular weight is 447 g/mol. The van der Waals surface area contributed by atoms with Gasteiger partial charge in [-0.15, -0.1) is 11.8 Å². The lowest BCUT2D eigenvalue weighted by Crippen LogP contribution is -2.28. The third-order valence-corrected chi connectivity index (χ3v) is 6.44. The van der Waals surface area contributed by atoms with Crippen molar-refractivity contribution in [2.75, 3.05) is 22.6 Å². The van der Waals surface area contributed by atoms with Crippen molar-refractivity contribution in [2.24, 2.45) is 0 Å². The van der Waals surface area contributed by atoms with Gasteiger partial charge in [0.05, 0.1) is 18.0 Å². The van der Waals surface area contributed by atoms with E-state index < -0.39 is 0 Å². The molecule has 1 atom stereocenters. The number of rotatable bonds is 8. The molecule has 2 amide bonds. The van der Waals surface area contributed by atoms with Crippen molar-refractivity contribution in [3.63, 3.8) is 0 Å². The molecule has 0 spiro atoms. The normalized spacial score (nSPS) is 15.6. The molecule has 0 aliphatic carbocycles. The van der Waals surface area contributed by atoms with Gasteiger partial charge < -0.3 is 10.1 Å². The molecule has 0 radical (unpaired) electrons. The van der Waals surface area contributed by atoms with Crippen LogP contribution in [0.1, 0.15) is 29.8 Å². The number of nitrogens with one attached hydrogen (secondary N) is 1. The molecule has 6 heteroatoms. The van der Waals surface area contributed by atoms with Gasteiger partial charge >= 0.3 is 0 Å². The van der Waals surface area contributed by atoms with Crippen LogP contribution in [0.3, 0.4) is 0 Å². The quantitative estimate of drug-likeness (QED) is 0.501. The number of aryl methyl sites for hydroxylation is 1. The lowest BCUT2D eigenvalue weighted by molar-refractivity contribution is -0.116. The Morgan fingerprint density at radius 3 is 2.66 bits per heavy atom. The second kappa shape index (κ2) is 10.4. The van der Waals surface area contributed by atoms with Gasteiger partial charge in [0.2, 0.25) is 11.8 Å². The molecule has 0 unspecified atom stereocenters. The van der Waals surface area contributed by atoms with E-state index in [4.69, 9.17) is 4.74 Å². The maximum atomic E-state index is 12.8. The van der Waals surface area contributed by atoms with Crippen LogP contribution in [0.5, 0.6) is 5.75 Å². The molecule has 3 aromatic carbocycles. The highest BCUT2D eigenvalue weighted by Gasteiger charge is 2.35. The summed E-state index contributed by atoms with van der Waals surface area (Å²) in [6, 6.07) is 25.3. The van der Waals surface area contributed by atoms with Crippen molar-refractivity contribution < 1.29 is 14.3 Å². The van der Waals surface area contributed by atoms with E-state index in [2.05, 4.69) is 5.32 Å². The molecule has 1 heterocycles. The van der Waals surface area contributed by atoms with Crippen LogP contribution in [0.2, 0.25) is 0 Å². The highest BCUT2D eigenvalue weighted by molar-refractivity contribution is 8.00. The predicted molar refractivity (Wildman–Crippen MR) is 130 cm³/mol. The number of carbonyl (C=O) groups excluding carboxylic acids is 2. The second-order valence-corrected chi connectivity index (χ2v) is 8.56. The summed E-state index contributed by atoms with van der Waals surface area (Å²) in [5.41, 5.74) is 3.61. The van der Waals surface area contributed by atoms with Gasteiger partial charge in [-0.2, -0.15) is 0 Å². The Kier molecular flexibility index (Phi) is 7.12. The molecule has 0 bridgehead atoms.